The van der Waals surface area contributed by atoms with E-state index in [-0.39, 0.29) is 5.60 Å². The van der Waals surface area contributed by atoms with Gasteiger partial charge >= 0.3 is 0 Å². The second-order valence-electron chi connectivity index (χ2n) is 5.42. The Balaban J connectivity index is 4.09. The minimum Gasteiger partial charge on any atom is -0.377 e. The van der Waals surface area contributed by atoms with Crippen LogP contribution < -0.4 is 10.6 Å². The van der Waals surface area contributed by atoms with Crippen LogP contribution in [0.4, 0.5) is 0 Å². The van der Waals surface area contributed by atoms with Crippen LogP contribution in [0.3, 0.4) is 0 Å². The quantitative estimate of drug-likeness (QED) is 0.361. The number of aliphatic imine (C=N–C) groups is 1. The maximum Gasteiger partial charge on any atom is 0.211 e. The summed E-state index contributed by atoms with van der Waals surface area (Å²) in [5, 5.41) is 6.33. The van der Waals surface area contributed by atoms with Gasteiger partial charge in [0.05, 0.1) is 11.9 Å². The third-order valence-electron chi connectivity index (χ3n) is 3.16. The summed E-state index contributed by atoms with van der Waals surface area (Å²) < 4.78 is 29.7. The van der Waals surface area contributed by atoms with E-state index in [4.69, 9.17) is 4.74 Å². The molecule has 0 fully saturated rings. The Morgan fingerprint density at radius 3 is 2.38 bits per heavy atom. The minimum atomic E-state index is -3.11. The smallest absolute Gasteiger partial charge is 0.211 e. The molecule has 0 aliphatic carbocycles. The first-order valence-corrected chi connectivity index (χ1v) is 8.96. The largest absolute Gasteiger partial charge is 0.377 e. The molecule has 0 rings (SSSR count). The topological polar surface area (TPSA) is 83.0 Å². The monoisotopic (exact) mass is 322 g/mol. The van der Waals surface area contributed by atoms with Crippen molar-refractivity contribution in [3.05, 3.63) is 0 Å². The van der Waals surface area contributed by atoms with Gasteiger partial charge in [-0.15, -0.1) is 0 Å². The summed E-state index contributed by atoms with van der Waals surface area (Å²) >= 11 is 0. The number of nitrogens with zero attached hydrogens (tertiary/aromatic N) is 2. The van der Waals surface area contributed by atoms with E-state index in [0.717, 1.165) is 6.42 Å². The second-order valence-corrected chi connectivity index (χ2v) is 7.41. The highest BCUT2D eigenvalue weighted by atomic mass is 32.2. The van der Waals surface area contributed by atoms with Crippen LogP contribution in [0.15, 0.2) is 4.99 Å². The van der Waals surface area contributed by atoms with Crippen LogP contribution in [0, 0.1) is 0 Å². The molecule has 0 atom stereocenters. The van der Waals surface area contributed by atoms with E-state index in [1.54, 1.807) is 14.2 Å². The summed E-state index contributed by atoms with van der Waals surface area (Å²) in [6.07, 6.45) is 1.95. The molecule has 0 aromatic carbocycles. The van der Waals surface area contributed by atoms with Crippen LogP contribution in [0.5, 0.6) is 0 Å². The molecule has 8 heteroatoms. The Morgan fingerprint density at radius 1 is 1.33 bits per heavy atom. The molecule has 0 unspecified atom stereocenters. The Morgan fingerprint density at radius 2 is 1.95 bits per heavy atom. The molecule has 0 aromatic rings. The van der Waals surface area contributed by atoms with Gasteiger partial charge in [0.2, 0.25) is 10.0 Å². The molecule has 0 radical (unpaired) electrons. The highest BCUT2D eigenvalue weighted by molar-refractivity contribution is 7.88. The van der Waals surface area contributed by atoms with Crippen molar-refractivity contribution in [2.75, 3.05) is 46.6 Å². The van der Waals surface area contributed by atoms with E-state index in [1.807, 2.05) is 20.8 Å². The lowest BCUT2D eigenvalue weighted by molar-refractivity contribution is 0.0268. The Hall–Kier alpha value is -0.860. The zero-order chi connectivity index (χ0) is 16.5. The Kier molecular flexibility index (Phi) is 8.84. The standard InChI is InChI=1S/C13H30N4O3S/c1-7-17(21(6,18)19)10-8-9-15-12(14-4)16-11-13(2,3)20-5/h7-11H2,1-6H3,(H2,14,15,16). The van der Waals surface area contributed by atoms with Gasteiger partial charge in [-0.2, -0.15) is 0 Å². The van der Waals surface area contributed by atoms with Crippen molar-refractivity contribution in [3.63, 3.8) is 0 Å². The first-order chi connectivity index (χ1) is 9.66. The number of ether oxygens (including phenoxy) is 1. The van der Waals surface area contributed by atoms with Gasteiger partial charge in [0.25, 0.3) is 0 Å². The van der Waals surface area contributed by atoms with Gasteiger partial charge in [-0.1, -0.05) is 6.92 Å². The zero-order valence-corrected chi connectivity index (χ0v) is 14.9. The van der Waals surface area contributed by atoms with E-state index in [9.17, 15) is 8.42 Å². The normalized spacial score (nSPS) is 13.6. The van der Waals surface area contributed by atoms with Crippen molar-refractivity contribution >= 4 is 16.0 Å². The average Bonchev–Trinajstić information content (AvgIpc) is 2.40. The van der Waals surface area contributed by atoms with Crippen LogP contribution in [0.2, 0.25) is 0 Å². The molecular weight excluding hydrogens is 292 g/mol. The van der Waals surface area contributed by atoms with Crippen LogP contribution in [0.25, 0.3) is 0 Å². The molecule has 0 aromatic heterocycles. The van der Waals surface area contributed by atoms with E-state index in [2.05, 4.69) is 15.6 Å². The van der Waals surface area contributed by atoms with E-state index in [1.165, 1.54) is 10.6 Å². The van der Waals surface area contributed by atoms with E-state index >= 15 is 0 Å². The molecule has 126 valence electrons. The molecule has 0 saturated carbocycles. The van der Waals surface area contributed by atoms with Crippen LogP contribution in [-0.4, -0.2) is 70.9 Å². The molecule has 0 bridgehead atoms. The number of guanidine groups is 1. The third kappa shape index (κ3) is 8.90. The zero-order valence-electron chi connectivity index (χ0n) is 14.1. The number of sulfonamides is 1. The highest BCUT2D eigenvalue weighted by Crippen LogP contribution is 2.04. The SMILES string of the molecule is CCN(CCCNC(=NC)NCC(C)(C)OC)S(C)(=O)=O. The van der Waals surface area contributed by atoms with Gasteiger partial charge in [0.15, 0.2) is 5.96 Å². The summed E-state index contributed by atoms with van der Waals surface area (Å²) in [5.41, 5.74) is -0.271. The molecule has 0 heterocycles. The fraction of sp³-hybridized carbons (Fsp3) is 0.923. The lowest BCUT2D eigenvalue weighted by Gasteiger charge is -2.24. The van der Waals surface area contributed by atoms with Gasteiger partial charge in [0, 0.05) is 40.3 Å². The second kappa shape index (κ2) is 9.22. The number of rotatable bonds is 9. The van der Waals surface area contributed by atoms with Crippen molar-refractivity contribution in [2.24, 2.45) is 4.99 Å². The van der Waals surface area contributed by atoms with Crippen molar-refractivity contribution < 1.29 is 13.2 Å². The Bertz CT molecular complexity index is 421. The first-order valence-electron chi connectivity index (χ1n) is 7.11. The molecule has 0 aliphatic heterocycles. The summed E-state index contributed by atoms with van der Waals surface area (Å²) in [7, 11) is 0.256. The predicted molar refractivity (Wildman–Crippen MR) is 87.2 cm³/mol. The highest BCUT2D eigenvalue weighted by Gasteiger charge is 2.16. The maximum atomic E-state index is 11.4. The van der Waals surface area contributed by atoms with Crippen LogP contribution in [-0.2, 0) is 14.8 Å². The molecule has 2 N–H and O–H groups in total. The van der Waals surface area contributed by atoms with Crippen LogP contribution >= 0.6 is 0 Å². The summed E-state index contributed by atoms with van der Waals surface area (Å²) in [4.78, 5) is 4.12. The average molecular weight is 322 g/mol. The molecule has 0 aliphatic rings. The van der Waals surface area contributed by atoms with Gasteiger partial charge in [-0.3, -0.25) is 4.99 Å². The number of hydrogen-bond donors (Lipinski definition) is 2. The summed E-state index contributed by atoms with van der Waals surface area (Å²) in [6, 6.07) is 0. The molecule has 0 amide bonds. The molecular formula is C13H30N4O3S. The molecule has 0 saturated heterocycles. The van der Waals surface area contributed by atoms with Crippen molar-refractivity contribution in [1.82, 2.24) is 14.9 Å². The third-order valence-corrected chi connectivity index (χ3v) is 4.54. The van der Waals surface area contributed by atoms with Gasteiger partial charge in [-0.25, -0.2) is 12.7 Å². The Labute approximate surface area is 129 Å². The molecule has 21 heavy (non-hydrogen) atoms. The fourth-order valence-corrected chi connectivity index (χ4v) is 2.54. The molecule has 7 nitrogen and oxygen atoms in total. The van der Waals surface area contributed by atoms with E-state index in [0.29, 0.717) is 32.1 Å². The minimum absolute atomic E-state index is 0.271. The van der Waals surface area contributed by atoms with Gasteiger partial charge in [-0.05, 0) is 20.3 Å². The summed E-state index contributed by atoms with van der Waals surface area (Å²) in [6.45, 7) is 8.09. The van der Waals surface area contributed by atoms with E-state index < -0.39 is 10.0 Å². The molecule has 0 spiro atoms. The van der Waals surface area contributed by atoms with Crippen LogP contribution in [0.1, 0.15) is 27.2 Å². The maximum absolute atomic E-state index is 11.4. The lowest BCUT2D eigenvalue weighted by Crippen LogP contribution is -2.45. The number of hydrogen-bond acceptors (Lipinski definition) is 4. The van der Waals surface area contributed by atoms with Gasteiger partial charge < -0.3 is 15.4 Å². The predicted octanol–water partition coefficient (Wildman–Crippen LogP) is 0.248. The van der Waals surface area contributed by atoms with Crippen molar-refractivity contribution in [2.45, 2.75) is 32.8 Å². The fourth-order valence-electron chi connectivity index (χ4n) is 1.61. The van der Waals surface area contributed by atoms with Gasteiger partial charge in [0.1, 0.15) is 0 Å². The number of methoxy groups -OCH3 is 1. The van der Waals surface area contributed by atoms with Crippen molar-refractivity contribution in [3.8, 4) is 0 Å². The summed E-state index contributed by atoms with van der Waals surface area (Å²) in [5.74, 6) is 0.683. The lowest BCUT2D eigenvalue weighted by atomic mass is 10.1. The van der Waals surface area contributed by atoms with Crippen molar-refractivity contribution in [1.29, 1.82) is 0 Å². The number of nitrogens with one attached hydrogen (secondary N) is 2. The first kappa shape index (κ1) is 20.1.